The van der Waals surface area contributed by atoms with Crippen molar-refractivity contribution >= 4 is 52.9 Å². The predicted octanol–water partition coefficient (Wildman–Crippen LogP) is 4.62. The van der Waals surface area contributed by atoms with E-state index in [4.69, 9.17) is 40.6 Å². The number of amides is 1. The van der Waals surface area contributed by atoms with Gasteiger partial charge in [0.05, 0.1) is 18.2 Å². The number of aryl methyl sites for hydroxylation is 1. The summed E-state index contributed by atoms with van der Waals surface area (Å²) in [7, 11) is 3.67. The van der Waals surface area contributed by atoms with E-state index in [9.17, 15) is 28.8 Å². The number of hydrogen-bond acceptors (Lipinski definition) is 14. The Hall–Kier alpha value is -3.73. The Labute approximate surface area is 334 Å². The molecule has 1 amide bonds. The number of likely N-dealkylation sites (N-methyl/N-ethyl adjacent to an activating group) is 1. The largest absolute Gasteiger partial charge is 0.458 e. The molecular weight excluding hydrogens is 747 g/mol. The molecule has 0 N–H and O–H groups in total. The lowest BCUT2D eigenvalue weighted by Crippen LogP contribution is -2.61. The number of carbonyl (C=O) groups is 6. The van der Waals surface area contributed by atoms with E-state index in [0.29, 0.717) is 6.42 Å². The number of hydrogen-bond donors (Lipinski definition) is 0. The van der Waals surface area contributed by atoms with Crippen LogP contribution in [0.1, 0.15) is 94.1 Å². The molecule has 0 spiro atoms. The SMILES string of the molecule is CC[C@H]1OC(=O)[C@H](C)C(=O)[C@H](C)[C@@H](O[C@@H]2O[C@H](C)C[C@H](N(C)C)[C@H]2OC(C)=O)[C@](C)(OC(=O)n2ccc(C)c2)C[C@@H](C)C(=O)[C@H](C)[C@H]2N(C(C)=O)C(=S)O[C@]12C. The Bertz CT molecular complexity index is 1700. The van der Waals surface area contributed by atoms with Crippen molar-refractivity contribution in [1.29, 1.82) is 0 Å². The second-order valence-corrected chi connectivity index (χ2v) is 16.8. The summed E-state index contributed by atoms with van der Waals surface area (Å²) in [6, 6.07) is 0.352. The fraction of sp³-hybridized carbons (Fsp3) is 0.725. The van der Waals surface area contributed by atoms with Gasteiger partial charge in [-0.2, -0.15) is 0 Å². The average molecular weight is 806 g/mol. The van der Waals surface area contributed by atoms with Crippen LogP contribution in [0, 0.1) is 30.6 Å². The van der Waals surface area contributed by atoms with Gasteiger partial charge in [-0.05, 0) is 91.8 Å². The van der Waals surface area contributed by atoms with Crippen LogP contribution in [-0.4, -0.2) is 123 Å². The van der Waals surface area contributed by atoms with Crippen molar-refractivity contribution in [2.45, 2.75) is 149 Å². The van der Waals surface area contributed by atoms with Gasteiger partial charge >= 0.3 is 18.0 Å². The van der Waals surface area contributed by atoms with Gasteiger partial charge in [-0.15, -0.1) is 0 Å². The molecule has 1 aromatic rings. The molecule has 0 aliphatic carbocycles. The Morgan fingerprint density at radius 3 is 2.20 bits per heavy atom. The third kappa shape index (κ3) is 9.03. The summed E-state index contributed by atoms with van der Waals surface area (Å²) >= 11 is 5.51. The summed E-state index contributed by atoms with van der Waals surface area (Å²) in [6.45, 7) is 17.5. The Morgan fingerprint density at radius 2 is 1.66 bits per heavy atom. The van der Waals surface area contributed by atoms with Crippen molar-refractivity contribution in [2.75, 3.05) is 14.1 Å². The lowest BCUT2D eigenvalue weighted by molar-refractivity contribution is -0.295. The Balaban J connectivity index is 1.94. The summed E-state index contributed by atoms with van der Waals surface area (Å²) in [5.41, 5.74) is -2.46. The van der Waals surface area contributed by atoms with Gasteiger partial charge in [0.2, 0.25) is 5.91 Å². The topological polar surface area (TPSA) is 169 Å². The first-order valence-electron chi connectivity index (χ1n) is 19.3. The quantitative estimate of drug-likeness (QED) is 0.169. The number of nitrogens with zero attached hydrogens (tertiary/aromatic N) is 3. The molecule has 4 rings (SSSR count). The van der Waals surface area contributed by atoms with E-state index in [1.165, 1.54) is 36.4 Å². The zero-order valence-corrected chi connectivity index (χ0v) is 35.7. The molecule has 3 fully saturated rings. The highest BCUT2D eigenvalue weighted by Gasteiger charge is 2.60. The summed E-state index contributed by atoms with van der Waals surface area (Å²) in [6.07, 6.45) is -2.22. The Morgan fingerprint density at radius 1 is 1.02 bits per heavy atom. The van der Waals surface area contributed by atoms with Crippen molar-refractivity contribution < 1.29 is 57.2 Å². The molecule has 3 aliphatic heterocycles. The van der Waals surface area contributed by atoms with Crippen LogP contribution in [0.15, 0.2) is 18.5 Å². The normalized spacial score (nSPS) is 37.3. The number of cyclic esters (lactones) is 1. The molecule has 56 heavy (non-hydrogen) atoms. The molecule has 3 aliphatic rings. The van der Waals surface area contributed by atoms with E-state index in [-0.39, 0.29) is 35.9 Å². The number of thiocarbonyl (C=S) groups is 1. The molecule has 4 heterocycles. The molecule has 15 nitrogen and oxygen atoms in total. The number of ether oxygens (including phenoxy) is 6. The highest BCUT2D eigenvalue weighted by atomic mass is 32.1. The molecule has 0 bridgehead atoms. The fourth-order valence-corrected chi connectivity index (χ4v) is 9.19. The number of fused-ring (bicyclic) bond motifs is 1. The number of ketones is 2. The molecule has 0 unspecified atom stereocenters. The highest BCUT2D eigenvalue weighted by molar-refractivity contribution is 7.80. The summed E-state index contributed by atoms with van der Waals surface area (Å²) in [5, 5.41) is -0.164. The van der Waals surface area contributed by atoms with E-state index in [1.54, 1.807) is 60.7 Å². The van der Waals surface area contributed by atoms with E-state index < -0.39 is 95.2 Å². The minimum Gasteiger partial charge on any atom is -0.458 e. The van der Waals surface area contributed by atoms with Gasteiger partial charge in [0, 0.05) is 44.0 Å². The molecule has 0 radical (unpaired) electrons. The molecule has 0 saturated carbocycles. The van der Waals surface area contributed by atoms with Crippen molar-refractivity contribution in [3.05, 3.63) is 24.0 Å². The average Bonchev–Trinajstić information content (AvgIpc) is 3.67. The molecule has 13 atom stereocenters. The zero-order chi connectivity index (χ0) is 42.2. The second kappa shape index (κ2) is 17.4. The first kappa shape index (κ1) is 45.0. The number of aromatic nitrogens is 1. The maximum absolute atomic E-state index is 14.7. The van der Waals surface area contributed by atoms with Gasteiger partial charge in [-0.25, -0.2) is 4.79 Å². The number of esters is 2. The molecule has 312 valence electrons. The summed E-state index contributed by atoms with van der Waals surface area (Å²) in [4.78, 5) is 86.0. The van der Waals surface area contributed by atoms with Crippen LogP contribution in [0.5, 0.6) is 0 Å². The predicted molar refractivity (Wildman–Crippen MR) is 206 cm³/mol. The van der Waals surface area contributed by atoms with Crippen molar-refractivity contribution in [3.8, 4) is 0 Å². The maximum Gasteiger partial charge on any atom is 0.418 e. The van der Waals surface area contributed by atoms with Crippen LogP contribution < -0.4 is 0 Å². The fourth-order valence-electron chi connectivity index (χ4n) is 8.77. The second-order valence-electron chi connectivity index (χ2n) is 16.4. The minimum atomic E-state index is -1.78. The van der Waals surface area contributed by atoms with Crippen LogP contribution in [0.2, 0.25) is 0 Å². The van der Waals surface area contributed by atoms with Crippen LogP contribution in [-0.2, 0) is 52.4 Å². The molecule has 1 aromatic heterocycles. The number of rotatable bonds is 6. The van der Waals surface area contributed by atoms with E-state index in [0.717, 1.165) is 5.56 Å². The van der Waals surface area contributed by atoms with Gasteiger partial charge in [-0.3, -0.25) is 33.4 Å². The van der Waals surface area contributed by atoms with E-state index >= 15 is 0 Å². The molecule has 16 heteroatoms. The molecular formula is C40H59N3O12S. The van der Waals surface area contributed by atoms with Crippen molar-refractivity contribution in [2.24, 2.45) is 23.7 Å². The van der Waals surface area contributed by atoms with Crippen LogP contribution in [0.3, 0.4) is 0 Å². The lowest BCUT2D eigenvalue weighted by atomic mass is 9.73. The summed E-state index contributed by atoms with van der Waals surface area (Å²) < 4.78 is 38.7. The van der Waals surface area contributed by atoms with Gasteiger partial charge in [0.15, 0.2) is 23.8 Å². The van der Waals surface area contributed by atoms with Crippen molar-refractivity contribution in [1.82, 2.24) is 14.4 Å². The third-order valence-corrected chi connectivity index (χ3v) is 11.9. The molecule has 3 saturated heterocycles. The van der Waals surface area contributed by atoms with Gasteiger partial charge in [0.1, 0.15) is 29.5 Å². The molecule has 0 aromatic carbocycles. The first-order valence-corrected chi connectivity index (χ1v) is 19.7. The standard InChI is InChI=1S/C40H59N3O12S/c1-14-29-40(11)33(43(26(8)44)38(56)55-40)23(5)30(46)21(3)18-39(10,54-37(49)42-16-15-20(2)19-42)34(24(6)31(47)25(7)35(48)52-29)53-36-32(51-27(9)45)28(41(12)13)17-22(4)50-36/h15-16,19,21-25,28-29,32-34,36H,14,17-18H2,1-13H3/t21-,22-,23+,24+,25-,28+,29-,32-,33-,34-,36+,39-,40-/m1/s1. The maximum atomic E-state index is 14.7. The van der Waals surface area contributed by atoms with Crippen LogP contribution in [0.25, 0.3) is 0 Å². The summed E-state index contributed by atoms with van der Waals surface area (Å²) in [5.74, 6) is -7.24. The minimum absolute atomic E-state index is 0.164. The lowest BCUT2D eigenvalue weighted by Gasteiger charge is -2.47. The van der Waals surface area contributed by atoms with Crippen molar-refractivity contribution in [3.63, 3.8) is 0 Å². The zero-order valence-electron chi connectivity index (χ0n) is 34.9. The van der Waals surface area contributed by atoms with E-state index in [1.807, 2.05) is 25.9 Å². The van der Waals surface area contributed by atoms with Crippen LogP contribution >= 0.6 is 12.2 Å². The van der Waals surface area contributed by atoms with Gasteiger partial charge in [0.25, 0.3) is 5.17 Å². The highest BCUT2D eigenvalue weighted by Crippen LogP contribution is 2.43. The number of carbonyl (C=O) groups excluding carboxylic acids is 6. The van der Waals surface area contributed by atoms with Gasteiger partial charge < -0.3 is 33.3 Å². The monoisotopic (exact) mass is 805 g/mol. The Kier molecular flexibility index (Phi) is 14.0. The van der Waals surface area contributed by atoms with E-state index in [2.05, 4.69) is 0 Å². The van der Waals surface area contributed by atoms with Crippen LogP contribution in [0.4, 0.5) is 4.79 Å². The smallest absolute Gasteiger partial charge is 0.418 e. The first-order chi connectivity index (χ1) is 26.0. The third-order valence-electron chi connectivity index (χ3n) is 11.6. The number of Topliss-reactive ketones (excluding diaryl/α,β-unsaturated/α-hetero) is 2. The van der Waals surface area contributed by atoms with Gasteiger partial charge in [-0.1, -0.05) is 27.7 Å².